The number of rotatable bonds is 2. The first kappa shape index (κ1) is 6.60. The summed E-state index contributed by atoms with van der Waals surface area (Å²) in [5, 5.41) is 9.41. The molecule has 3 N–H and O–H groups in total. The monoisotopic (exact) mass is 125 g/mol. The molecule has 0 heterocycles. The van der Waals surface area contributed by atoms with Gasteiger partial charge in [0.05, 0.1) is 0 Å². The zero-order valence-electron chi connectivity index (χ0n) is 5.30. The molecule has 2 heteroatoms. The van der Waals surface area contributed by atoms with Crippen LogP contribution >= 0.6 is 0 Å². The third-order valence-corrected chi connectivity index (χ3v) is 1.81. The molecule has 0 aromatic rings. The Morgan fingerprint density at radius 2 is 2.33 bits per heavy atom. The van der Waals surface area contributed by atoms with Gasteiger partial charge in [-0.2, -0.15) is 0 Å². The van der Waals surface area contributed by atoms with Crippen LogP contribution in [0, 0.1) is 18.3 Å². The summed E-state index contributed by atoms with van der Waals surface area (Å²) in [6.07, 6.45) is 7.13. The Balaban J connectivity index is 2.56. The van der Waals surface area contributed by atoms with E-state index in [-0.39, 0.29) is 12.5 Å². The van der Waals surface area contributed by atoms with Crippen LogP contribution in [-0.4, -0.2) is 17.3 Å². The van der Waals surface area contributed by atoms with Gasteiger partial charge in [-0.1, -0.05) is 5.92 Å². The van der Waals surface area contributed by atoms with Crippen molar-refractivity contribution in [1.29, 1.82) is 0 Å². The molecule has 0 amide bonds. The Labute approximate surface area is 55.1 Å². The van der Waals surface area contributed by atoms with Crippen molar-refractivity contribution in [3.63, 3.8) is 0 Å². The van der Waals surface area contributed by atoms with Crippen molar-refractivity contribution in [2.24, 2.45) is 11.7 Å². The molecule has 2 nitrogen and oxygen atoms in total. The van der Waals surface area contributed by atoms with Crippen LogP contribution < -0.4 is 5.73 Å². The average molecular weight is 125 g/mol. The van der Waals surface area contributed by atoms with Gasteiger partial charge in [0, 0.05) is 12.5 Å². The summed E-state index contributed by atoms with van der Waals surface area (Å²) in [6.45, 7) is 0.189. The molecule has 1 atom stereocenters. The Hall–Kier alpha value is -0.520. The Morgan fingerprint density at radius 1 is 1.78 bits per heavy atom. The molecule has 50 valence electrons. The smallest absolute Gasteiger partial charge is 0.140 e. The topological polar surface area (TPSA) is 46.2 Å². The normalized spacial score (nSPS) is 24.6. The molecule has 1 fully saturated rings. The van der Waals surface area contributed by atoms with Gasteiger partial charge in [-0.3, -0.25) is 0 Å². The Bertz CT molecular complexity index is 145. The molecule has 1 aliphatic carbocycles. The van der Waals surface area contributed by atoms with E-state index in [1.54, 1.807) is 0 Å². The highest BCUT2D eigenvalue weighted by Crippen LogP contribution is 2.38. The number of hydrogen-bond acceptors (Lipinski definition) is 2. The fraction of sp³-hybridized carbons (Fsp3) is 0.714. The minimum atomic E-state index is -1.00. The molecule has 1 aliphatic rings. The SMILES string of the molecule is C#CC(O)(CN)C1CC1. The van der Waals surface area contributed by atoms with E-state index in [4.69, 9.17) is 12.2 Å². The van der Waals surface area contributed by atoms with Gasteiger partial charge < -0.3 is 10.8 Å². The van der Waals surface area contributed by atoms with Gasteiger partial charge in [0.2, 0.25) is 0 Å². The summed E-state index contributed by atoms with van der Waals surface area (Å²) in [7, 11) is 0. The van der Waals surface area contributed by atoms with Gasteiger partial charge in [0.15, 0.2) is 0 Å². The van der Waals surface area contributed by atoms with E-state index in [2.05, 4.69) is 5.92 Å². The summed E-state index contributed by atoms with van der Waals surface area (Å²) < 4.78 is 0. The van der Waals surface area contributed by atoms with Gasteiger partial charge in [-0.25, -0.2) is 0 Å². The molecule has 0 aromatic carbocycles. The Morgan fingerprint density at radius 3 is 2.44 bits per heavy atom. The second-order valence-electron chi connectivity index (χ2n) is 2.55. The highest BCUT2D eigenvalue weighted by Gasteiger charge is 2.41. The summed E-state index contributed by atoms with van der Waals surface area (Å²) in [5.41, 5.74) is 4.27. The molecule has 1 unspecified atom stereocenters. The maximum atomic E-state index is 9.41. The van der Waals surface area contributed by atoms with Crippen LogP contribution in [0.4, 0.5) is 0 Å². The van der Waals surface area contributed by atoms with E-state index in [0.29, 0.717) is 0 Å². The van der Waals surface area contributed by atoms with Crippen molar-refractivity contribution in [2.45, 2.75) is 18.4 Å². The molecule has 0 aliphatic heterocycles. The summed E-state index contributed by atoms with van der Waals surface area (Å²) in [4.78, 5) is 0. The molecule has 0 bridgehead atoms. The van der Waals surface area contributed by atoms with Gasteiger partial charge in [0.25, 0.3) is 0 Å². The van der Waals surface area contributed by atoms with Crippen LogP contribution in [0.25, 0.3) is 0 Å². The fourth-order valence-corrected chi connectivity index (χ4v) is 0.904. The first-order chi connectivity index (χ1) is 4.23. The van der Waals surface area contributed by atoms with E-state index < -0.39 is 5.60 Å². The van der Waals surface area contributed by atoms with Crippen LogP contribution in [-0.2, 0) is 0 Å². The maximum absolute atomic E-state index is 9.41. The van der Waals surface area contributed by atoms with Gasteiger partial charge in [-0.15, -0.1) is 6.42 Å². The van der Waals surface area contributed by atoms with Crippen molar-refractivity contribution in [3.8, 4) is 12.3 Å². The van der Waals surface area contributed by atoms with Crippen LogP contribution in [0.3, 0.4) is 0 Å². The lowest BCUT2D eigenvalue weighted by atomic mass is 10.00. The van der Waals surface area contributed by atoms with E-state index in [9.17, 15) is 5.11 Å². The molecule has 9 heavy (non-hydrogen) atoms. The largest absolute Gasteiger partial charge is 0.376 e. The second kappa shape index (κ2) is 2.02. The molecular formula is C7H11NO. The van der Waals surface area contributed by atoms with Gasteiger partial charge in [0.1, 0.15) is 5.60 Å². The van der Waals surface area contributed by atoms with Crippen LogP contribution in [0.1, 0.15) is 12.8 Å². The number of aliphatic hydroxyl groups is 1. The molecule has 0 radical (unpaired) electrons. The molecule has 1 rings (SSSR count). The minimum Gasteiger partial charge on any atom is -0.376 e. The predicted molar refractivity (Wildman–Crippen MR) is 35.6 cm³/mol. The molecule has 0 spiro atoms. The fourth-order valence-electron chi connectivity index (χ4n) is 0.904. The highest BCUT2D eigenvalue weighted by atomic mass is 16.3. The number of terminal acetylenes is 1. The zero-order chi connectivity index (χ0) is 6.91. The van der Waals surface area contributed by atoms with Crippen molar-refractivity contribution in [3.05, 3.63) is 0 Å². The zero-order valence-corrected chi connectivity index (χ0v) is 5.30. The van der Waals surface area contributed by atoms with Crippen LogP contribution in [0.2, 0.25) is 0 Å². The Kier molecular flexibility index (Phi) is 1.48. The van der Waals surface area contributed by atoms with E-state index in [1.165, 1.54) is 0 Å². The average Bonchev–Trinajstić information content (AvgIpc) is 2.68. The van der Waals surface area contributed by atoms with Crippen LogP contribution in [0.15, 0.2) is 0 Å². The second-order valence-corrected chi connectivity index (χ2v) is 2.55. The third kappa shape index (κ3) is 1.07. The van der Waals surface area contributed by atoms with Crippen molar-refractivity contribution >= 4 is 0 Å². The van der Waals surface area contributed by atoms with E-state index in [0.717, 1.165) is 12.8 Å². The summed E-state index contributed by atoms with van der Waals surface area (Å²) >= 11 is 0. The number of nitrogens with two attached hydrogens (primary N) is 1. The minimum absolute atomic E-state index is 0.189. The van der Waals surface area contributed by atoms with Gasteiger partial charge >= 0.3 is 0 Å². The van der Waals surface area contributed by atoms with Crippen molar-refractivity contribution in [2.75, 3.05) is 6.54 Å². The molecule has 1 saturated carbocycles. The lowest BCUT2D eigenvalue weighted by Crippen LogP contribution is -2.38. The summed E-state index contributed by atoms with van der Waals surface area (Å²) in [6, 6.07) is 0. The third-order valence-electron chi connectivity index (χ3n) is 1.81. The molecule has 0 saturated heterocycles. The number of hydrogen-bond donors (Lipinski definition) is 2. The standard InChI is InChI=1S/C7H11NO/c1-2-7(9,5-8)6-3-4-6/h1,6,9H,3-5,8H2. The van der Waals surface area contributed by atoms with E-state index >= 15 is 0 Å². The van der Waals surface area contributed by atoms with E-state index in [1.807, 2.05) is 0 Å². The quantitative estimate of drug-likeness (QED) is 0.498. The first-order valence-electron chi connectivity index (χ1n) is 3.13. The first-order valence-corrected chi connectivity index (χ1v) is 3.13. The molecular weight excluding hydrogens is 114 g/mol. The lowest BCUT2D eigenvalue weighted by Gasteiger charge is -2.18. The van der Waals surface area contributed by atoms with Gasteiger partial charge in [-0.05, 0) is 12.8 Å². The van der Waals surface area contributed by atoms with Crippen molar-refractivity contribution < 1.29 is 5.11 Å². The molecule has 0 aromatic heterocycles. The highest BCUT2D eigenvalue weighted by molar-refractivity contribution is 5.14. The lowest BCUT2D eigenvalue weighted by molar-refractivity contribution is 0.0869. The van der Waals surface area contributed by atoms with Crippen LogP contribution in [0.5, 0.6) is 0 Å². The summed E-state index contributed by atoms with van der Waals surface area (Å²) in [5.74, 6) is 2.59. The predicted octanol–water partition coefficient (Wildman–Crippen LogP) is -0.281. The van der Waals surface area contributed by atoms with Crippen molar-refractivity contribution in [1.82, 2.24) is 0 Å². The maximum Gasteiger partial charge on any atom is 0.140 e.